The van der Waals surface area contributed by atoms with Crippen LogP contribution in [0.25, 0.3) is 0 Å². The number of terminal acetylenes is 1. The number of primary sulfonamides is 1. The van der Waals surface area contributed by atoms with Gasteiger partial charge < -0.3 is 10.6 Å². The van der Waals surface area contributed by atoms with Gasteiger partial charge in [-0.2, -0.15) is 0 Å². The number of rotatable bonds is 4. The predicted octanol–water partition coefficient (Wildman–Crippen LogP) is 0.327. The lowest BCUT2D eigenvalue weighted by Crippen LogP contribution is -2.37. The third kappa shape index (κ3) is 4.62. The van der Waals surface area contributed by atoms with Crippen LogP contribution in [0.4, 0.5) is 4.79 Å². The lowest BCUT2D eigenvalue weighted by molar-refractivity contribution is 0.239. The van der Waals surface area contributed by atoms with E-state index in [0.29, 0.717) is 0 Å². The van der Waals surface area contributed by atoms with Crippen molar-refractivity contribution in [2.24, 2.45) is 5.14 Å². The Morgan fingerprint density at radius 3 is 2.47 bits per heavy atom. The topological polar surface area (TPSA) is 101 Å². The van der Waals surface area contributed by atoms with E-state index in [1.54, 1.807) is 19.1 Å². The molecule has 2 amide bonds. The smallest absolute Gasteiger partial charge is 0.316 e. The summed E-state index contributed by atoms with van der Waals surface area (Å²) in [6.07, 6.45) is 5.01. The highest BCUT2D eigenvalue weighted by molar-refractivity contribution is 7.89. The van der Waals surface area contributed by atoms with E-state index >= 15 is 0 Å². The van der Waals surface area contributed by atoms with Gasteiger partial charge in [-0.05, 0) is 24.6 Å². The van der Waals surface area contributed by atoms with Crippen LogP contribution < -0.4 is 15.8 Å². The van der Waals surface area contributed by atoms with E-state index in [1.165, 1.54) is 12.1 Å². The Labute approximate surface area is 112 Å². The highest BCUT2D eigenvalue weighted by Gasteiger charge is 2.11. The zero-order valence-electron chi connectivity index (χ0n) is 10.4. The first-order chi connectivity index (χ1) is 8.84. The molecule has 0 saturated heterocycles. The number of carbonyl (C=O) groups is 1. The zero-order chi connectivity index (χ0) is 14.5. The number of hydrogen-bond acceptors (Lipinski definition) is 3. The Bertz CT molecular complexity index is 588. The maximum atomic E-state index is 11.4. The highest BCUT2D eigenvalue weighted by Crippen LogP contribution is 2.15. The molecule has 19 heavy (non-hydrogen) atoms. The molecule has 0 fully saturated rings. The summed E-state index contributed by atoms with van der Waals surface area (Å²) >= 11 is 0. The van der Waals surface area contributed by atoms with Gasteiger partial charge in [0, 0.05) is 0 Å². The van der Waals surface area contributed by atoms with Crippen LogP contribution in [0.5, 0.6) is 0 Å². The quantitative estimate of drug-likeness (QED) is 0.693. The van der Waals surface area contributed by atoms with E-state index < -0.39 is 10.0 Å². The minimum atomic E-state index is -3.70. The number of hydrogen-bond donors (Lipinski definition) is 3. The molecule has 0 spiro atoms. The maximum absolute atomic E-state index is 11.4. The van der Waals surface area contributed by atoms with Gasteiger partial charge in [-0.25, -0.2) is 18.4 Å². The van der Waals surface area contributed by atoms with Gasteiger partial charge in [-0.1, -0.05) is 18.1 Å². The summed E-state index contributed by atoms with van der Waals surface area (Å²) in [7, 11) is -3.70. The first kappa shape index (κ1) is 15.0. The lowest BCUT2D eigenvalue weighted by Gasteiger charge is -2.14. The molecule has 0 aromatic heterocycles. The van der Waals surface area contributed by atoms with E-state index in [4.69, 9.17) is 11.6 Å². The summed E-state index contributed by atoms with van der Waals surface area (Å²) in [5, 5.41) is 10.1. The van der Waals surface area contributed by atoms with Crippen molar-refractivity contribution < 1.29 is 13.2 Å². The van der Waals surface area contributed by atoms with Crippen molar-refractivity contribution in [2.45, 2.75) is 17.9 Å². The van der Waals surface area contributed by atoms with Gasteiger partial charge in [0.25, 0.3) is 0 Å². The molecule has 1 unspecified atom stereocenters. The molecular formula is C12H15N3O3S. The molecule has 4 N–H and O–H groups in total. The second-order valence-corrected chi connectivity index (χ2v) is 5.43. The SMILES string of the molecule is C#CCNC(=O)NC(C)c1ccc(S(N)(=O)=O)cc1. The molecule has 0 saturated carbocycles. The molecule has 1 aromatic carbocycles. The molecule has 7 heteroatoms. The summed E-state index contributed by atoms with van der Waals surface area (Å²) in [5.41, 5.74) is 0.753. The van der Waals surface area contributed by atoms with E-state index in [9.17, 15) is 13.2 Å². The molecule has 0 bridgehead atoms. The Kier molecular flexibility index (Phi) is 4.92. The second kappa shape index (κ2) is 6.22. The summed E-state index contributed by atoms with van der Waals surface area (Å²) in [5.74, 6) is 2.28. The lowest BCUT2D eigenvalue weighted by atomic mass is 10.1. The Morgan fingerprint density at radius 2 is 2.00 bits per heavy atom. The van der Waals surface area contributed by atoms with Crippen molar-refractivity contribution in [1.82, 2.24) is 10.6 Å². The molecule has 1 atom stereocenters. The average Bonchev–Trinajstić information content (AvgIpc) is 2.35. The maximum Gasteiger partial charge on any atom is 0.316 e. The Hall–Kier alpha value is -2.04. The number of sulfonamides is 1. The van der Waals surface area contributed by atoms with Crippen molar-refractivity contribution in [3.05, 3.63) is 29.8 Å². The number of benzene rings is 1. The van der Waals surface area contributed by atoms with Gasteiger partial charge in [0.2, 0.25) is 10.0 Å². The predicted molar refractivity (Wildman–Crippen MR) is 71.6 cm³/mol. The normalized spacial score (nSPS) is 12.3. The largest absolute Gasteiger partial charge is 0.332 e. The van der Waals surface area contributed by atoms with Crippen molar-refractivity contribution in [3.63, 3.8) is 0 Å². The molecule has 0 radical (unpaired) electrons. The van der Waals surface area contributed by atoms with Crippen LogP contribution in [-0.2, 0) is 10.0 Å². The van der Waals surface area contributed by atoms with Crippen molar-refractivity contribution in [1.29, 1.82) is 0 Å². The van der Waals surface area contributed by atoms with Crippen LogP contribution in [0.3, 0.4) is 0 Å². The number of nitrogens with two attached hydrogens (primary N) is 1. The van der Waals surface area contributed by atoms with Crippen molar-refractivity contribution in [3.8, 4) is 12.3 Å². The monoisotopic (exact) mass is 281 g/mol. The summed E-state index contributed by atoms with van der Waals surface area (Å²) in [6, 6.07) is 5.29. The number of urea groups is 1. The van der Waals surface area contributed by atoms with Crippen LogP contribution >= 0.6 is 0 Å². The van der Waals surface area contributed by atoms with Gasteiger partial charge >= 0.3 is 6.03 Å². The molecule has 102 valence electrons. The summed E-state index contributed by atoms with van der Waals surface area (Å²) in [6.45, 7) is 1.91. The molecule has 0 aliphatic carbocycles. The fourth-order valence-corrected chi connectivity index (χ4v) is 1.92. The second-order valence-electron chi connectivity index (χ2n) is 3.87. The number of carbonyl (C=O) groups excluding carboxylic acids is 1. The molecular weight excluding hydrogens is 266 g/mol. The molecule has 1 rings (SSSR count). The molecule has 0 aliphatic heterocycles. The standard InChI is InChI=1S/C12H15N3O3S/c1-3-8-14-12(16)15-9(2)10-4-6-11(7-5-10)19(13,17)18/h1,4-7,9H,8H2,2H3,(H2,13,17,18)(H2,14,15,16). The molecule has 1 aromatic rings. The van der Waals surface area contributed by atoms with E-state index in [1.807, 2.05) is 0 Å². The third-order valence-corrected chi connectivity index (χ3v) is 3.34. The van der Waals surface area contributed by atoms with Crippen LogP contribution in [0.2, 0.25) is 0 Å². The minimum Gasteiger partial charge on any atom is -0.332 e. The third-order valence-electron chi connectivity index (χ3n) is 2.41. The van der Waals surface area contributed by atoms with Gasteiger partial charge in [0.05, 0.1) is 17.5 Å². The van der Waals surface area contributed by atoms with Crippen molar-refractivity contribution in [2.75, 3.05) is 6.54 Å². The van der Waals surface area contributed by atoms with Gasteiger partial charge in [0.15, 0.2) is 0 Å². The summed E-state index contributed by atoms with van der Waals surface area (Å²) in [4.78, 5) is 11.4. The van der Waals surface area contributed by atoms with E-state index in [-0.39, 0.29) is 23.5 Å². The molecule has 0 heterocycles. The fourth-order valence-electron chi connectivity index (χ4n) is 1.41. The van der Waals surface area contributed by atoms with Crippen LogP contribution in [-0.4, -0.2) is 21.0 Å². The Balaban J connectivity index is 2.71. The van der Waals surface area contributed by atoms with Gasteiger partial charge in [0.1, 0.15) is 0 Å². The first-order valence-electron chi connectivity index (χ1n) is 5.45. The highest BCUT2D eigenvalue weighted by atomic mass is 32.2. The summed E-state index contributed by atoms with van der Waals surface area (Å²) < 4.78 is 22.2. The fraction of sp³-hybridized carbons (Fsp3) is 0.250. The van der Waals surface area contributed by atoms with Gasteiger partial charge in [-0.3, -0.25) is 0 Å². The first-order valence-corrected chi connectivity index (χ1v) is 7.00. The van der Waals surface area contributed by atoms with E-state index in [2.05, 4.69) is 16.6 Å². The Morgan fingerprint density at radius 1 is 1.42 bits per heavy atom. The number of amides is 2. The van der Waals surface area contributed by atoms with Crippen LogP contribution in [0.15, 0.2) is 29.2 Å². The number of nitrogens with one attached hydrogen (secondary N) is 2. The molecule has 6 nitrogen and oxygen atoms in total. The van der Waals surface area contributed by atoms with E-state index in [0.717, 1.165) is 5.56 Å². The van der Waals surface area contributed by atoms with Gasteiger partial charge in [-0.15, -0.1) is 6.42 Å². The average molecular weight is 281 g/mol. The zero-order valence-corrected chi connectivity index (χ0v) is 11.2. The van der Waals surface area contributed by atoms with Crippen molar-refractivity contribution >= 4 is 16.1 Å². The minimum absolute atomic E-state index is 0.0280. The molecule has 0 aliphatic rings. The van der Waals surface area contributed by atoms with Crippen LogP contribution in [0.1, 0.15) is 18.5 Å². The van der Waals surface area contributed by atoms with Crippen LogP contribution in [0, 0.1) is 12.3 Å².